The average molecular weight is 354 g/mol. The van der Waals surface area contributed by atoms with Crippen molar-refractivity contribution in [1.82, 2.24) is 0 Å². The van der Waals surface area contributed by atoms with Crippen molar-refractivity contribution in [3.05, 3.63) is 29.1 Å². The number of rotatable bonds is 2. The zero-order valence-electron chi connectivity index (χ0n) is 13.9. The van der Waals surface area contributed by atoms with Gasteiger partial charge in [-0.3, -0.25) is 19.3 Å². The third-order valence-corrected chi connectivity index (χ3v) is 4.86. The maximum Gasteiger partial charge on any atom is 0.265 e. The van der Waals surface area contributed by atoms with Crippen molar-refractivity contribution in [3.8, 4) is 18.1 Å². The Balaban J connectivity index is 1.80. The van der Waals surface area contributed by atoms with Gasteiger partial charge in [-0.15, -0.1) is 6.42 Å². The number of hydrogen-bond acceptors (Lipinski definition) is 4. The van der Waals surface area contributed by atoms with E-state index in [9.17, 15) is 14.4 Å². The molecular weight excluding hydrogens is 339 g/mol. The van der Waals surface area contributed by atoms with Crippen LogP contribution in [0, 0.1) is 18.2 Å². The largest absolute Gasteiger partial charge is 0.481 e. The van der Waals surface area contributed by atoms with Crippen LogP contribution in [0.3, 0.4) is 0 Å². The van der Waals surface area contributed by atoms with Crippen molar-refractivity contribution in [3.63, 3.8) is 0 Å². The Hall–Kier alpha value is -3.14. The van der Waals surface area contributed by atoms with Gasteiger partial charge in [0.2, 0.25) is 0 Å². The van der Waals surface area contributed by atoms with Crippen LogP contribution in [0.2, 0.25) is 0 Å². The van der Waals surface area contributed by atoms with E-state index < -0.39 is 23.5 Å². The van der Waals surface area contributed by atoms with Gasteiger partial charge in [0.25, 0.3) is 17.7 Å². The van der Waals surface area contributed by atoms with Gasteiger partial charge in [-0.2, -0.15) is 0 Å². The molecule has 0 saturated carbocycles. The molecule has 0 saturated heterocycles. The summed E-state index contributed by atoms with van der Waals surface area (Å²) in [6.45, 7) is -0.378. The molecule has 0 aromatic heterocycles. The Morgan fingerprint density at radius 3 is 2.38 bits per heavy atom. The highest BCUT2D eigenvalue weighted by Gasteiger charge is 2.42. The van der Waals surface area contributed by atoms with Crippen LogP contribution in [0.1, 0.15) is 25.7 Å². The number of benzene rings is 1. The fourth-order valence-corrected chi connectivity index (χ4v) is 3.64. The van der Waals surface area contributed by atoms with Crippen LogP contribution in [0.25, 0.3) is 0 Å². The van der Waals surface area contributed by atoms with Gasteiger partial charge in [0.15, 0.2) is 12.4 Å². The molecule has 26 heavy (non-hydrogen) atoms. The zero-order chi connectivity index (χ0) is 18.4. The van der Waals surface area contributed by atoms with Gasteiger partial charge in [-0.25, -0.2) is 9.29 Å². The molecule has 1 aliphatic carbocycles. The fourth-order valence-electron chi connectivity index (χ4n) is 3.64. The third kappa shape index (κ3) is 2.22. The van der Waals surface area contributed by atoms with Crippen LogP contribution in [0.5, 0.6) is 5.75 Å². The topological polar surface area (TPSA) is 66.9 Å². The quantitative estimate of drug-likeness (QED) is 0.601. The van der Waals surface area contributed by atoms with E-state index in [1.165, 1.54) is 12.1 Å². The number of carbonyl (C=O) groups is 3. The number of amides is 3. The van der Waals surface area contributed by atoms with Gasteiger partial charge in [0, 0.05) is 11.1 Å². The Morgan fingerprint density at radius 1 is 1.12 bits per heavy atom. The number of terminal acetylenes is 1. The number of hydrogen-bond donors (Lipinski definition) is 0. The molecule has 0 atom stereocenters. The summed E-state index contributed by atoms with van der Waals surface area (Å²) in [5, 5.41) is 0. The summed E-state index contributed by atoms with van der Waals surface area (Å²) in [7, 11) is 0. The number of nitrogens with zero attached hydrogens (tertiary/aromatic N) is 2. The molecule has 2 aliphatic heterocycles. The van der Waals surface area contributed by atoms with E-state index in [4.69, 9.17) is 11.2 Å². The van der Waals surface area contributed by atoms with E-state index in [0.29, 0.717) is 24.0 Å². The lowest BCUT2D eigenvalue weighted by atomic mass is 9.93. The molecule has 3 amide bonds. The number of fused-ring (bicyclic) bond motifs is 1. The van der Waals surface area contributed by atoms with E-state index in [1.54, 1.807) is 0 Å². The molecule has 0 fully saturated rings. The molecule has 0 bridgehead atoms. The first-order valence-corrected chi connectivity index (χ1v) is 8.34. The third-order valence-electron chi connectivity index (χ3n) is 4.86. The van der Waals surface area contributed by atoms with Crippen molar-refractivity contribution in [2.45, 2.75) is 25.7 Å². The minimum Gasteiger partial charge on any atom is -0.481 e. The first-order chi connectivity index (χ1) is 12.5. The lowest BCUT2D eigenvalue weighted by molar-refractivity contribution is -0.121. The highest BCUT2D eigenvalue weighted by atomic mass is 19.1. The van der Waals surface area contributed by atoms with Crippen LogP contribution in [-0.4, -0.2) is 30.9 Å². The molecular formula is C19H15FN2O4. The minimum atomic E-state index is -0.868. The van der Waals surface area contributed by atoms with Crippen molar-refractivity contribution < 1.29 is 23.5 Å². The molecule has 0 spiro atoms. The van der Waals surface area contributed by atoms with Crippen molar-refractivity contribution in [2.24, 2.45) is 0 Å². The monoisotopic (exact) mass is 354 g/mol. The molecule has 7 heteroatoms. The van der Waals surface area contributed by atoms with E-state index in [-0.39, 0.29) is 30.3 Å². The fraction of sp³-hybridized carbons (Fsp3) is 0.316. The van der Waals surface area contributed by atoms with Gasteiger partial charge in [-0.1, -0.05) is 5.92 Å². The Kier molecular flexibility index (Phi) is 3.76. The predicted molar refractivity (Wildman–Crippen MR) is 91.1 cm³/mol. The van der Waals surface area contributed by atoms with Crippen LogP contribution < -0.4 is 14.5 Å². The normalized spacial score (nSPS) is 19.3. The Labute approximate surface area is 149 Å². The standard InChI is InChI=1S/C19H15FN2O4/c1-2-9-21-15(23)10-26-14-8-7-13(16(20)17(14)21)22-18(24)11-5-3-4-6-12(11)19(22)25/h1,7-8H,3-6,9-10H2. The molecule has 1 aromatic carbocycles. The first-order valence-electron chi connectivity index (χ1n) is 8.34. The van der Waals surface area contributed by atoms with E-state index >= 15 is 4.39 Å². The van der Waals surface area contributed by atoms with Gasteiger partial charge in [-0.05, 0) is 37.8 Å². The van der Waals surface area contributed by atoms with Crippen LogP contribution in [0.4, 0.5) is 15.8 Å². The smallest absolute Gasteiger partial charge is 0.265 e. The summed E-state index contributed by atoms with van der Waals surface area (Å²) in [6.07, 6.45) is 7.98. The lowest BCUT2D eigenvalue weighted by Crippen LogP contribution is -2.40. The average Bonchev–Trinajstić information content (AvgIpc) is 2.89. The maximum absolute atomic E-state index is 15.3. The van der Waals surface area contributed by atoms with Gasteiger partial charge >= 0.3 is 0 Å². The highest BCUT2D eigenvalue weighted by molar-refractivity contribution is 6.33. The summed E-state index contributed by atoms with van der Waals surface area (Å²) in [5.74, 6) is 0.128. The highest BCUT2D eigenvalue weighted by Crippen LogP contribution is 2.42. The second kappa shape index (κ2) is 5.99. The summed E-state index contributed by atoms with van der Waals surface area (Å²) in [4.78, 5) is 39.4. The molecule has 132 valence electrons. The Morgan fingerprint density at radius 2 is 1.77 bits per heavy atom. The number of halogens is 1. The van der Waals surface area contributed by atoms with Gasteiger partial charge < -0.3 is 4.74 Å². The second-order valence-electron chi connectivity index (χ2n) is 6.33. The summed E-state index contributed by atoms with van der Waals surface area (Å²) in [6, 6.07) is 2.77. The zero-order valence-corrected chi connectivity index (χ0v) is 13.9. The SMILES string of the molecule is C#CCN1C(=O)COc2ccc(N3C(=O)C4=C(CCCC4)C3=O)c(F)c21. The van der Waals surface area contributed by atoms with Gasteiger partial charge in [0.05, 0.1) is 12.2 Å². The van der Waals surface area contributed by atoms with Crippen LogP contribution >= 0.6 is 0 Å². The second-order valence-corrected chi connectivity index (χ2v) is 6.33. The molecule has 2 heterocycles. The van der Waals surface area contributed by atoms with Crippen LogP contribution in [0.15, 0.2) is 23.3 Å². The first kappa shape index (κ1) is 16.3. The van der Waals surface area contributed by atoms with Crippen molar-refractivity contribution in [1.29, 1.82) is 0 Å². The molecule has 0 N–H and O–H groups in total. The number of imide groups is 1. The predicted octanol–water partition coefficient (Wildman–Crippen LogP) is 1.93. The van der Waals surface area contributed by atoms with E-state index in [2.05, 4.69) is 5.92 Å². The molecule has 4 rings (SSSR count). The summed E-state index contributed by atoms with van der Waals surface area (Å²) < 4.78 is 20.5. The van der Waals surface area contributed by atoms with Crippen molar-refractivity contribution in [2.75, 3.05) is 23.0 Å². The molecule has 0 unspecified atom stereocenters. The molecule has 6 nitrogen and oxygen atoms in total. The van der Waals surface area contributed by atoms with Crippen molar-refractivity contribution >= 4 is 29.1 Å². The van der Waals surface area contributed by atoms with E-state index in [0.717, 1.165) is 22.6 Å². The maximum atomic E-state index is 15.3. The lowest BCUT2D eigenvalue weighted by Gasteiger charge is -2.29. The molecule has 1 aromatic rings. The molecule has 0 radical (unpaired) electrons. The van der Waals surface area contributed by atoms with E-state index in [1.807, 2.05) is 0 Å². The minimum absolute atomic E-state index is 0.133. The molecule has 3 aliphatic rings. The summed E-state index contributed by atoms with van der Waals surface area (Å²) >= 11 is 0. The number of carbonyl (C=O) groups excluding carboxylic acids is 3. The van der Waals surface area contributed by atoms with Gasteiger partial charge in [0.1, 0.15) is 11.4 Å². The number of anilines is 2. The Bertz CT molecular complexity index is 900. The van der Waals surface area contributed by atoms with Crippen LogP contribution in [-0.2, 0) is 14.4 Å². The summed E-state index contributed by atoms with van der Waals surface area (Å²) in [5.41, 5.74) is 0.605. The number of ether oxygens (including phenoxy) is 1.